The number of nitrogens with zero attached hydrogens (tertiary/aromatic N) is 2. The van der Waals surface area contributed by atoms with Gasteiger partial charge in [0, 0.05) is 11.3 Å². The Morgan fingerprint density at radius 1 is 1.08 bits per heavy atom. The first kappa shape index (κ1) is 18.1. The molecule has 0 fully saturated rings. The lowest BCUT2D eigenvalue weighted by molar-refractivity contribution is 0.102. The summed E-state index contributed by atoms with van der Waals surface area (Å²) in [5, 5.41) is 3.44. The monoisotopic (exact) mass is 365 g/mol. The van der Waals surface area contributed by atoms with Gasteiger partial charge >= 0.3 is 0 Å². The van der Waals surface area contributed by atoms with E-state index in [1.807, 2.05) is 42.5 Å². The second-order valence-corrected chi connectivity index (χ2v) is 6.56. The van der Waals surface area contributed by atoms with Crippen molar-refractivity contribution < 1.29 is 4.79 Å². The molecule has 1 heterocycles. The van der Waals surface area contributed by atoms with Crippen molar-refractivity contribution in [1.29, 1.82) is 0 Å². The van der Waals surface area contributed by atoms with Gasteiger partial charge in [0.1, 0.15) is 5.69 Å². The van der Waals surface area contributed by atoms with Crippen LogP contribution in [0, 0.1) is 0 Å². The van der Waals surface area contributed by atoms with Gasteiger partial charge in [0.25, 0.3) is 5.91 Å². The SMILES string of the molecule is CCC(C)c1ccc(NC(=O)c2cnc(-c3ccccc3Cl)cn2)cc1. The molecule has 4 nitrogen and oxygen atoms in total. The van der Waals surface area contributed by atoms with Crippen LogP contribution in [0.1, 0.15) is 42.2 Å². The molecule has 0 saturated heterocycles. The minimum absolute atomic E-state index is 0.256. The lowest BCUT2D eigenvalue weighted by atomic mass is 9.99. The smallest absolute Gasteiger partial charge is 0.275 e. The van der Waals surface area contributed by atoms with Crippen LogP contribution in [0.25, 0.3) is 11.3 Å². The van der Waals surface area contributed by atoms with Crippen LogP contribution in [0.4, 0.5) is 5.69 Å². The Hall–Kier alpha value is -2.72. The first-order valence-corrected chi connectivity index (χ1v) is 8.94. The molecular weight excluding hydrogens is 346 g/mol. The van der Waals surface area contributed by atoms with Crippen LogP contribution in [0.15, 0.2) is 60.9 Å². The molecule has 26 heavy (non-hydrogen) atoms. The molecular formula is C21H20ClN3O. The normalized spacial score (nSPS) is 11.8. The maximum absolute atomic E-state index is 12.4. The molecule has 3 aromatic rings. The Morgan fingerprint density at radius 2 is 1.81 bits per heavy atom. The molecule has 132 valence electrons. The van der Waals surface area contributed by atoms with Crippen molar-refractivity contribution in [2.45, 2.75) is 26.2 Å². The predicted octanol–water partition coefficient (Wildman–Crippen LogP) is 5.56. The zero-order valence-corrected chi connectivity index (χ0v) is 15.5. The number of benzene rings is 2. The average Bonchev–Trinajstić information content (AvgIpc) is 2.68. The number of anilines is 1. The minimum Gasteiger partial charge on any atom is -0.321 e. The van der Waals surface area contributed by atoms with E-state index in [9.17, 15) is 4.79 Å². The Bertz CT molecular complexity index is 892. The highest BCUT2D eigenvalue weighted by Crippen LogP contribution is 2.25. The second kappa shape index (κ2) is 8.11. The number of rotatable bonds is 5. The molecule has 1 aromatic heterocycles. The summed E-state index contributed by atoms with van der Waals surface area (Å²) in [6.07, 6.45) is 4.10. The fourth-order valence-corrected chi connectivity index (χ4v) is 2.81. The lowest BCUT2D eigenvalue weighted by Gasteiger charge is -2.10. The van der Waals surface area contributed by atoms with Crippen LogP contribution < -0.4 is 5.32 Å². The summed E-state index contributed by atoms with van der Waals surface area (Å²) in [6, 6.07) is 15.3. The number of amides is 1. The van der Waals surface area contributed by atoms with E-state index in [4.69, 9.17) is 11.6 Å². The molecule has 2 aromatic carbocycles. The molecule has 1 unspecified atom stereocenters. The predicted molar refractivity (Wildman–Crippen MR) is 106 cm³/mol. The number of hydrogen-bond acceptors (Lipinski definition) is 3. The Kier molecular flexibility index (Phi) is 5.64. The van der Waals surface area contributed by atoms with Crippen molar-refractivity contribution in [3.8, 4) is 11.3 Å². The van der Waals surface area contributed by atoms with Gasteiger partial charge in [-0.05, 0) is 36.1 Å². The largest absolute Gasteiger partial charge is 0.321 e. The summed E-state index contributed by atoms with van der Waals surface area (Å²) in [6.45, 7) is 4.34. The quantitative estimate of drug-likeness (QED) is 0.643. The van der Waals surface area contributed by atoms with Crippen molar-refractivity contribution in [1.82, 2.24) is 9.97 Å². The first-order valence-electron chi connectivity index (χ1n) is 8.56. The van der Waals surface area contributed by atoms with Crippen LogP contribution in [-0.2, 0) is 0 Å². The fourth-order valence-electron chi connectivity index (χ4n) is 2.58. The number of halogens is 1. The van der Waals surface area contributed by atoms with Gasteiger partial charge in [0.05, 0.1) is 23.1 Å². The third kappa shape index (κ3) is 4.09. The highest BCUT2D eigenvalue weighted by Gasteiger charge is 2.11. The van der Waals surface area contributed by atoms with E-state index in [0.717, 1.165) is 17.7 Å². The summed E-state index contributed by atoms with van der Waals surface area (Å²) in [7, 11) is 0. The molecule has 3 rings (SSSR count). The number of aromatic nitrogens is 2. The van der Waals surface area contributed by atoms with Gasteiger partial charge in [-0.3, -0.25) is 9.78 Å². The zero-order chi connectivity index (χ0) is 18.5. The van der Waals surface area contributed by atoms with Gasteiger partial charge in [0.15, 0.2) is 0 Å². The zero-order valence-electron chi connectivity index (χ0n) is 14.7. The summed E-state index contributed by atoms with van der Waals surface area (Å²) in [5.41, 5.74) is 3.67. The number of nitrogens with one attached hydrogen (secondary N) is 1. The second-order valence-electron chi connectivity index (χ2n) is 6.15. The lowest BCUT2D eigenvalue weighted by Crippen LogP contribution is -2.14. The number of hydrogen-bond donors (Lipinski definition) is 1. The van der Waals surface area contributed by atoms with Crippen LogP contribution in [0.2, 0.25) is 5.02 Å². The topological polar surface area (TPSA) is 54.9 Å². The maximum Gasteiger partial charge on any atom is 0.275 e. The number of carbonyl (C=O) groups is 1. The molecule has 0 spiro atoms. The fraction of sp³-hybridized carbons (Fsp3) is 0.190. The summed E-state index contributed by atoms with van der Waals surface area (Å²) in [5.74, 6) is 0.211. The molecule has 0 saturated carbocycles. The van der Waals surface area contributed by atoms with Crippen LogP contribution in [0.5, 0.6) is 0 Å². The standard InChI is InChI=1S/C21H20ClN3O/c1-3-14(2)15-8-10-16(11-9-15)25-21(26)20-13-23-19(12-24-20)17-6-4-5-7-18(17)22/h4-14H,3H2,1-2H3,(H,25,26). The summed E-state index contributed by atoms with van der Waals surface area (Å²) < 4.78 is 0. The Labute approximate surface area is 158 Å². The van der Waals surface area contributed by atoms with Gasteiger partial charge in [-0.2, -0.15) is 0 Å². The molecule has 0 aliphatic rings. The maximum atomic E-state index is 12.4. The molecule has 0 aliphatic carbocycles. The highest BCUT2D eigenvalue weighted by atomic mass is 35.5. The van der Waals surface area contributed by atoms with E-state index in [2.05, 4.69) is 29.1 Å². The van der Waals surface area contributed by atoms with E-state index in [1.54, 1.807) is 12.3 Å². The van der Waals surface area contributed by atoms with Crippen molar-refractivity contribution >= 4 is 23.2 Å². The van der Waals surface area contributed by atoms with Crippen LogP contribution in [0.3, 0.4) is 0 Å². The van der Waals surface area contributed by atoms with Crippen LogP contribution in [-0.4, -0.2) is 15.9 Å². The first-order chi connectivity index (χ1) is 12.6. The van der Waals surface area contributed by atoms with Crippen LogP contribution >= 0.6 is 11.6 Å². The van der Waals surface area contributed by atoms with Gasteiger partial charge in [0.2, 0.25) is 0 Å². The van der Waals surface area contributed by atoms with Crippen molar-refractivity contribution in [3.05, 3.63) is 77.2 Å². The summed E-state index contributed by atoms with van der Waals surface area (Å²) in [4.78, 5) is 20.9. The van der Waals surface area contributed by atoms with E-state index < -0.39 is 0 Å². The molecule has 0 aliphatic heterocycles. The van der Waals surface area contributed by atoms with Crippen molar-refractivity contribution in [3.63, 3.8) is 0 Å². The van der Waals surface area contributed by atoms with Gasteiger partial charge in [-0.1, -0.05) is 55.8 Å². The van der Waals surface area contributed by atoms with E-state index >= 15 is 0 Å². The Balaban J connectivity index is 1.71. The third-order valence-corrected chi connectivity index (χ3v) is 4.71. The molecule has 5 heteroatoms. The van der Waals surface area contributed by atoms with E-state index in [0.29, 0.717) is 16.6 Å². The van der Waals surface area contributed by atoms with Gasteiger partial charge in [-0.25, -0.2) is 4.98 Å². The highest BCUT2D eigenvalue weighted by molar-refractivity contribution is 6.33. The summed E-state index contributed by atoms with van der Waals surface area (Å²) >= 11 is 6.17. The molecule has 1 atom stereocenters. The number of carbonyl (C=O) groups excluding carboxylic acids is 1. The van der Waals surface area contributed by atoms with E-state index in [-0.39, 0.29) is 11.6 Å². The van der Waals surface area contributed by atoms with E-state index in [1.165, 1.54) is 11.8 Å². The third-order valence-electron chi connectivity index (χ3n) is 4.38. The average molecular weight is 366 g/mol. The van der Waals surface area contributed by atoms with Gasteiger partial charge < -0.3 is 5.32 Å². The molecule has 0 radical (unpaired) electrons. The van der Waals surface area contributed by atoms with Crippen molar-refractivity contribution in [2.75, 3.05) is 5.32 Å². The van der Waals surface area contributed by atoms with Gasteiger partial charge in [-0.15, -0.1) is 0 Å². The molecule has 1 N–H and O–H groups in total. The van der Waals surface area contributed by atoms with Crippen molar-refractivity contribution in [2.24, 2.45) is 0 Å². The Morgan fingerprint density at radius 3 is 2.42 bits per heavy atom. The molecule has 1 amide bonds. The minimum atomic E-state index is -0.292. The molecule has 0 bridgehead atoms.